The summed E-state index contributed by atoms with van der Waals surface area (Å²) in [7, 11) is 0. The Kier molecular flexibility index (Phi) is 4.39. The molecule has 108 valence electrons. The Bertz CT molecular complexity index is 649. The number of carbonyl (C=O) groups excluding carboxylic acids is 1. The maximum atomic E-state index is 12.1. The Hall–Kier alpha value is -1.08. The molecule has 2 rings (SSSR count). The van der Waals surface area contributed by atoms with Gasteiger partial charge in [-0.15, -0.1) is 11.3 Å². The van der Waals surface area contributed by atoms with Crippen molar-refractivity contribution in [1.82, 2.24) is 0 Å². The lowest BCUT2D eigenvalue weighted by Gasteiger charge is -2.08. The number of esters is 1. The Balaban J connectivity index is 2.32. The van der Waals surface area contributed by atoms with Crippen LogP contribution >= 0.6 is 27.3 Å². The zero-order valence-corrected chi connectivity index (χ0v) is 12.8. The van der Waals surface area contributed by atoms with E-state index in [1.54, 1.807) is 5.38 Å². The maximum absolute atomic E-state index is 12.1. The molecule has 0 aliphatic carbocycles. The second-order valence-corrected chi connectivity index (χ2v) is 5.83. The average Bonchev–Trinajstić information content (AvgIpc) is 2.80. The van der Waals surface area contributed by atoms with E-state index < -0.39 is 12.1 Å². The molecular formula is C13H10BrF3O2S. The Morgan fingerprint density at radius 2 is 2.05 bits per heavy atom. The number of aryl methyl sites for hydroxylation is 1. The maximum Gasteiger partial charge on any atom is 0.490 e. The molecule has 0 saturated heterocycles. The summed E-state index contributed by atoms with van der Waals surface area (Å²) in [4.78, 5) is 10.8. The number of hydrogen-bond acceptors (Lipinski definition) is 3. The van der Waals surface area contributed by atoms with Gasteiger partial charge in [0.05, 0.1) is 0 Å². The van der Waals surface area contributed by atoms with Crippen molar-refractivity contribution in [3.05, 3.63) is 33.1 Å². The third-order valence-corrected chi connectivity index (χ3v) is 4.79. The summed E-state index contributed by atoms with van der Waals surface area (Å²) in [5, 5.41) is 2.58. The number of fused-ring (bicyclic) bond motifs is 1. The topological polar surface area (TPSA) is 26.3 Å². The molecule has 20 heavy (non-hydrogen) atoms. The standard InChI is InChI=1S/C13H10BrF3O2S/c1-2-7-3-4-9(14)11-10(7)8(6-20-11)5-19-12(18)13(15,16)17/h3-4,6H,2,5H2,1H3. The molecule has 0 aliphatic rings. The molecule has 0 radical (unpaired) electrons. The lowest BCUT2D eigenvalue weighted by molar-refractivity contribution is -0.201. The molecule has 7 heteroatoms. The molecule has 1 aromatic carbocycles. The number of halogens is 4. The van der Waals surface area contributed by atoms with Crippen LogP contribution in [-0.4, -0.2) is 12.1 Å². The molecule has 1 aromatic heterocycles. The summed E-state index contributed by atoms with van der Waals surface area (Å²) in [5.41, 5.74) is 1.61. The van der Waals surface area contributed by atoms with Crippen molar-refractivity contribution < 1.29 is 22.7 Å². The summed E-state index contributed by atoms with van der Waals surface area (Å²) in [6, 6.07) is 3.82. The molecule has 0 N–H and O–H groups in total. The van der Waals surface area contributed by atoms with E-state index in [-0.39, 0.29) is 6.61 Å². The van der Waals surface area contributed by atoms with E-state index in [0.29, 0.717) is 5.56 Å². The largest absolute Gasteiger partial charge is 0.490 e. The molecule has 2 aromatic rings. The first-order valence-electron chi connectivity index (χ1n) is 5.76. The normalized spacial score (nSPS) is 11.8. The van der Waals surface area contributed by atoms with Crippen molar-refractivity contribution in [2.45, 2.75) is 26.1 Å². The van der Waals surface area contributed by atoms with Gasteiger partial charge in [0.25, 0.3) is 0 Å². The van der Waals surface area contributed by atoms with E-state index in [9.17, 15) is 18.0 Å². The van der Waals surface area contributed by atoms with Crippen molar-refractivity contribution in [2.75, 3.05) is 0 Å². The van der Waals surface area contributed by atoms with Gasteiger partial charge in [0.15, 0.2) is 0 Å². The predicted molar refractivity (Wildman–Crippen MR) is 74.8 cm³/mol. The Morgan fingerprint density at radius 1 is 1.35 bits per heavy atom. The van der Waals surface area contributed by atoms with Crippen LogP contribution < -0.4 is 0 Å². The van der Waals surface area contributed by atoms with Crippen LogP contribution in [0.5, 0.6) is 0 Å². The molecule has 0 unspecified atom stereocenters. The highest BCUT2D eigenvalue weighted by Gasteiger charge is 2.41. The molecule has 1 heterocycles. The van der Waals surface area contributed by atoms with Gasteiger partial charge in [0.1, 0.15) is 6.61 Å². The van der Waals surface area contributed by atoms with Gasteiger partial charge in [-0.3, -0.25) is 0 Å². The van der Waals surface area contributed by atoms with Gasteiger partial charge >= 0.3 is 12.1 Å². The molecule has 0 atom stereocenters. The molecule has 0 saturated carbocycles. The molecule has 0 fully saturated rings. The number of hydrogen-bond donors (Lipinski definition) is 0. The molecule has 0 spiro atoms. The van der Waals surface area contributed by atoms with Crippen molar-refractivity contribution in [2.24, 2.45) is 0 Å². The van der Waals surface area contributed by atoms with Crippen LogP contribution in [0.3, 0.4) is 0 Å². The SMILES string of the molecule is CCc1ccc(Br)c2scc(COC(=O)C(F)(F)F)c12. The highest BCUT2D eigenvalue weighted by Crippen LogP contribution is 2.35. The van der Waals surface area contributed by atoms with Gasteiger partial charge in [0.2, 0.25) is 0 Å². The number of thiophene rings is 1. The lowest BCUT2D eigenvalue weighted by Crippen LogP contribution is -2.25. The first kappa shape index (κ1) is 15.3. The van der Waals surface area contributed by atoms with E-state index >= 15 is 0 Å². The van der Waals surface area contributed by atoms with Crippen LogP contribution in [0.2, 0.25) is 0 Å². The molecule has 2 nitrogen and oxygen atoms in total. The van der Waals surface area contributed by atoms with Crippen LogP contribution in [-0.2, 0) is 22.6 Å². The monoisotopic (exact) mass is 366 g/mol. The average molecular weight is 367 g/mol. The number of benzene rings is 1. The summed E-state index contributed by atoms with van der Waals surface area (Å²) in [5.74, 6) is -2.16. The molecule has 0 aliphatic heterocycles. The minimum atomic E-state index is -4.96. The van der Waals surface area contributed by atoms with E-state index in [0.717, 1.165) is 26.5 Å². The van der Waals surface area contributed by atoms with E-state index in [1.165, 1.54) is 11.3 Å². The Labute approximate surface area is 125 Å². The van der Waals surface area contributed by atoms with Crippen LogP contribution in [0.25, 0.3) is 10.1 Å². The first-order valence-corrected chi connectivity index (χ1v) is 7.43. The van der Waals surface area contributed by atoms with E-state index in [1.807, 2.05) is 19.1 Å². The van der Waals surface area contributed by atoms with Crippen LogP contribution in [0.15, 0.2) is 22.0 Å². The summed E-state index contributed by atoms with van der Waals surface area (Å²) in [6.45, 7) is 1.59. The van der Waals surface area contributed by atoms with E-state index in [2.05, 4.69) is 20.7 Å². The fourth-order valence-corrected chi connectivity index (χ4v) is 3.50. The minimum absolute atomic E-state index is 0.373. The number of carbonyl (C=O) groups is 1. The van der Waals surface area contributed by atoms with Gasteiger partial charge in [0, 0.05) is 20.1 Å². The fourth-order valence-electron chi connectivity index (χ4n) is 1.88. The van der Waals surface area contributed by atoms with Gasteiger partial charge < -0.3 is 4.74 Å². The second kappa shape index (κ2) is 5.73. The number of alkyl halides is 3. The molecule has 0 amide bonds. The quantitative estimate of drug-likeness (QED) is 0.727. The first-order chi connectivity index (χ1) is 9.34. The van der Waals surface area contributed by atoms with Crippen molar-refractivity contribution >= 4 is 43.3 Å². The van der Waals surface area contributed by atoms with Crippen molar-refractivity contribution in [1.29, 1.82) is 0 Å². The molecular weight excluding hydrogens is 357 g/mol. The highest BCUT2D eigenvalue weighted by atomic mass is 79.9. The van der Waals surface area contributed by atoms with Gasteiger partial charge in [-0.05, 0) is 39.4 Å². The highest BCUT2D eigenvalue weighted by molar-refractivity contribution is 9.10. The third-order valence-electron chi connectivity index (χ3n) is 2.81. The summed E-state index contributed by atoms with van der Waals surface area (Å²) >= 11 is 4.82. The minimum Gasteiger partial charge on any atom is -0.454 e. The number of rotatable bonds is 3. The number of ether oxygens (including phenoxy) is 1. The van der Waals surface area contributed by atoms with Crippen molar-refractivity contribution in [3.63, 3.8) is 0 Å². The van der Waals surface area contributed by atoms with Crippen LogP contribution in [0, 0.1) is 0 Å². The predicted octanol–water partition coefficient (Wildman–Crippen LogP) is 4.83. The lowest BCUT2D eigenvalue weighted by atomic mass is 10.1. The zero-order chi connectivity index (χ0) is 14.9. The van der Waals surface area contributed by atoms with Crippen LogP contribution in [0.1, 0.15) is 18.1 Å². The van der Waals surface area contributed by atoms with Crippen molar-refractivity contribution in [3.8, 4) is 0 Å². The summed E-state index contributed by atoms with van der Waals surface area (Å²) in [6.07, 6.45) is -4.21. The smallest absolute Gasteiger partial charge is 0.454 e. The fraction of sp³-hybridized carbons (Fsp3) is 0.308. The van der Waals surface area contributed by atoms with Gasteiger partial charge in [-0.1, -0.05) is 13.0 Å². The summed E-state index contributed by atoms with van der Waals surface area (Å²) < 4.78 is 42.5. The van der Waals surface area contributed by atoms with Gasteiger partial charge in [-0.25, -0.2) is 4.79 Å². The third kappa shape index (κ3) is 2.98. The van der Waals surface area contributed by atoms with Gasteiger partial charge in [-0.2, -0.15) is 13.2 Å². The van der Waals surface area contributed by atoms with Crippen LogP contribution in [0.4, 0.5) is 13.2 Å². The second-order valence-electron chi connectivity index (χ2n) is 4.10. The van der Waals surface area contributed by atoms with E-state index in [4.69, 9.17) is 0 Å². The Morgan fingerprint density at radius 3 is 2.65 bits per heavy atom. The molecule has 0 bridgehead atoms. The zero-order valence-electron chi connectivity index (χ0n) is 10.4.